The minimum atomic E-state index is -1.25. The van der Waals surface area contributed by atoms with E-state index < -0.39 is 29.8 Å². The standard InChI is InChI=1S/C11H13FN2O4/c12-9-2-1-6(5-14-9)3-7(10(15)16)4-8(13)11(17)18/h1-2,5,7-8H,3-4,13H2,(H,15,16)(H,17,18)/i12-1. The molecule has 98 valence electrons. The molecule has 1 rings (SSSR count). The second kappa shape index (κ2) is 6.06. The van der Waals surface area contributed by atoms with Gasteiger partial charge >= 0.3 is 11.9 Å². The smallest absolute Gasteiger partial charge is 0.320 e. The molecular formula is C11H13FN2O4. The number of rotatable bonds is 6. The van der Waals surface area contributed by atoms with E-state index in [-0.39, 0.29) is 12.8 Å². The van der Waals surface area contributed by atoms with Gasteiger partial charge in [-0.15, -0.1) is 0 Å². The van der Waals surface area contributed by atoms with Crippen LogP contribution in [0.4, 0.5) is 4.39 Å². The highest BCUT2D eigenvalue weighted by atomic mass is 18.2. The second-order valence-corrected chi connectivity index (χ2v) is 3.91. The minimum Gasteiger partial charge on any atom is -0.481 e. The SMILES string of the molecule is NC(CC(Cc1ccc([18F])nc1)C(=O)O)C(=O)O. The molecule has 0 fully saturated rings. The van der Waals surface area contributed by atoms with Crippen molar-refractivity contribution in [2.45, 2.75) is 18.9 Å². The summed E-state index contributed by atoms with van der Waals surface area (Å²) in [6, 6.07) is 1.29. The molecule has 0 spiro atoms. The molecule has 0 aromatic carbocycles. The van der Waals surface area contributed by atoms with Crippen molar-refractivity contribution in [3.05, 3.63) is 29.8 Å². The molecule has 0 bridgehead atoms. The largest absolute Gasteiger partial charge is 0.481 e. The Labute approximate surface area is 102 Å². The number of nitrogens with two attached hydrogens (primary N) is 1. The zero-order valence-corrected chi connectivity index (χ0v) is 9.41. The van der Waals surface area contributed by atoms with Gasteiger partial charge in [0.2, 0.25) is 5.95 Å². The number of hydrogen-bond acceptors (Lipinski definition) is 4. The number of carboxylic acids is 2. The highest BCUT2D eigenvalue weighted by molar-refractivity contribution is 5.76. The van der Waals surface area contributed by atoms with E-state index in [0.717, 1.165) is 6.07 Å². The maximum Gasteiger partial charge on any atom is 0.320 e. The number of nitrogens with zero attached hydrogens (tertiary/aromatic N) is 1. The van der Waals surface area contributed by atoms with E-state index in [9.17, 15) is 14.0 Å². The Morgan fingerprint density at radius 2 is 2.00 bits per heavy atom. The lowest BCUT2D eigenvalue weighted by atomic mass is 9.94. The molecule has 6 nitrogen and oxygen atoms in total. The van der Waals surface area contributed by atoms with Crippen molar-refractivity contribution in [3.63, 3.8) is 0 Å². The Morgan fingerprint density at radius 3 is 2.44 bits per heavy atom. The molecule has 7 heteroatoms. The zero-order chi connectivity index (χ0) is 13.7. The Hall–Kier alpha value is -2.02. The Morgan fingerprint density at radius 1 is 1.33 bits per heavy atom. The van der Waals surface area contributed by atoms with Gasteiger partial charge in [-0.1, -0.05) is 6.07 Å². The van der Waals surface area contributed by atoms with Crippen molar-refractivity contribution in [2.24, 2.45) is 11.7 Å². The first-order valence-corrected chi connectivity index (χ1v) is 5.21. The predicted octanol–water partition coefficient (Wildman–Crippen LogP) is 0.266. The predicted molar refractivity (Wildman–Crippen MR) is 59.3 cm³/mol. The van der Waals surface area contributed by atoms with E-state index in [1.807, 2.05) is 0 Å². The van der Waals surface area contributed by atoms with Crippen molar-refractivity contribution in [2.75, 3.05) is 0 Å². The maximum atomic E-state index is 12.6. The van der Waals surface area contributed by atoms with Crippen LogP contribution in [0.15, 0.2) is 18.3 Å². The van der Waals surface area contributed by atoms with Crippen LogP contribution >= 0.6 is 0 Å². The van der Waals surface area contributed by atoms with Gasteiger partial charge in [-0.25, -0.2) is 4.98 Å². The molecule has 0 amide bonds. The summed E-state index contributed by atoms with van der Waals surface area (Å²) < 4.78 is 12.6. The van der Waals surface area contributed by atoms with Crippen LogP contribution in [0.5, 0.6) is 0 Å². The lowest BCUT2D eigenvalue weighted by Crippen LogP contribution is -2.35. The van der Waals surface area contributed by atoms with Crippen molar-refractivity contribution in [3.8, 4) is 0 Å². The molecule has 2 atom stereocenters. The summed E-state index contributed by atoms with van der Waals surface area (Å²) in [5.41, 5.74) is 5.81. The monoisotopic (exact) mass is 255 g/mol. The second-order valence-electron chi connectivity index (χ2n) is 3.91. The van der Waals surface area contributed by atoms with Gasteiger partial charge in [0.15, 0.2) is 0 Å². The number of halogens is 1. The van der Waals surface area contributed by atoms with Crippen LogP contribution in [0.3, 0.4) is 0 Å². The quantitative estimate of drug-likeness (QED) is 0.628. The highest BCUT2D eigenvalue weighted by Crippen LogP contribution is 2.14. The minimum absolute atomic E-state index is 0.0591. The van der Waals surface area contributed by atoms with Gasteiger partial charge in [0.1, 0.15) is 6.04 Å². The van der Waals surface area contributed by atoms with Crippen LogP contribution in [-0.4, -0.2) is 33.2 Å². The fourth-order valence-electron chi connectivity index (χ4n) is 1.49. The molecule has 1 aromatic rings. The van der Waals surface area contributed by atoms with E-state index >= 15 is 0 Å². The summed E-state index contributed by atoms with van der Waals surface area (Å²) in [5.74, 6) is -3.99. The van der Waals surface area contributed by atoms with Crippen molar-refractivity contribution >= 4 is 11.9 Å². The van der Waals surface area contributed by atoms with E-state index in [1.54, 1.807) is 0 Å². The Bertz CT molecular complexity index is 435. The number of carbonyl (C=O) groups is 2. The van der Waals surface area contributed by atoms with Crippen LogP contribution < -0.4 is 5.73 Å². The van der Waals surface area contributed by atoms with E-state index in [4.69, 9.17) is 15.9 Å². The lowest BCUT2D eigenvalue weighted by Gasteiger charge is -2.14. The van der Waals surface area contributed by atoms with Gasteiger partial charge in [-0.05, 0) is 24.5 Å². The molecule has 0 saturated heterocycles. The molecule has 0 aliphatic carbocycles. The molecular weight excluding hydrogens is 242 g/mol. The molecule has 0 radical (unpaired) electrons. The molecule has 0 aliphatic heterocycles. The van der Waals surface area contributed by atoms with Gasteiger partial charge in [-0.2, -0.15) is 4.39 Å². The summed E-state index contributed by atoms with van der Waals surface area (Å²) in [6.07, 6.45) is 1.09. The molecule has 0 aliphatic rings. The van der Waals surface area contributed by atoms with E-state index in [1.165, 1.54) is 12.3 Å². The summed E-state index contributed by atoms with van der Waals surface area (Å²) in [6.45, 7) is 0. The first-order chi connectivity index (χ1) is 8.40. The summed E-state index contributed by atoms with van der Waals surface area (Å²) >= 11 is 0. The average molecular weight is 255 g/mol. The van der Waals surface area contributed by atoms with Gasteiger partial charge < -0.3 is 15.9 Å². The number of pyridine rings is 1. The third-order valence-electron chi connectivity index (χ3n) is 2.48. The molecule has 4 N–H and O–H groups in total. The van der Waals surface area contributed by atoms with Crippen LogP contribution in [0.1, 0.15) is 12.0 Å². The average Bonchev–Trinajstić information content (AvgIpc) is 2.30. The first kappa shape index (κ1) is 14.0. The molecule has 0 saturated carbocycles. The highest BCUT2D eigenvalue weighted by Gasteiger charge is 2.24. The van der Waals surface area contributed by atoms with Gasteiger partial charge in [0.05, 0.1) is 5.92 Å². The first-order valence-electron chi connectivity index (χ1n) is 5.21. The molecule has 2 unspecified atom stereocenters. The van der Waals surface area contributed by atoms with Gasteiger partial charge in [0, 0.05) is 6.20 Å². The van der Waals surface area contributed by atoms with Crippen molar-refractivity contribution in [1.29, 1.82) is 0 Å². The van der Waals surface area contributed by atoms with Crippen LogP contribution in [0, 0.1) is 11.9 Å². The maximum absolute atomic E-state index is 12.6. The topological polar surface area (TPSA) is 114 Å². The summed E-state index contributed by atoms with van der Waals surface area (Å²) in [7, 11) is 0. The van der Waals surface area contributed by atoms with Crippen LogP contribution in [-0.2, 0) is 16.0 Å². The number of aromatic nitrogens is 1. The van der Waals surface area contributed by atoms with Gasteiger partial charge in [0.25, 0.3) is 0 Å². The fourth-order valence-corrected chi connectivity index (χ4v) is 1.49. The summed E-state index contributed by atoms with van der Waals surface area (Å²) in [5, 5.41) is 17.6. The van der Waals surface area contributed by atoms with Crippen LogP contribution in [0.2, 0.25) is 0 Å². The number of aliphatic carboxylic acids is 2. The Kier molecular flexibility index (Phi) is 4.73. The number of hydrogen-bond donors (Lipinski definition) is 3. The van der Waals surface area contributed by atoms with E-state index in [2.05, 4.69) is 4.98 Å². The molecule has 18 heavy (non-hydrogen) atoms. The lowest BCUT2D eigenvalue weighted by molar-refractivity contribution is -0.143. The third kappa shape index (κ3) is 4.10. The zero-order valence-electron chi connectivity index (χ0n) is 9.41. The number of carboxylic acid groups (broad SMARTS) is 2. The summed E-state index contributed by atoms with van der Waals surface area (Å²) in [4.78, 5) is 25.0. The Balaban J connectivity index is 2.71. The molecule has 1 heterocycles. The van der Waals surface area contributed by atoms with E-state index in [0.29, 0.717) is 5.56 Å². The van der Waals surface area contributed by atoms with Crippen molar-refractivity contribution < 1.29 is 24.2 Å². The van der Waals surface area contributed by atoms with Crippen LogP contribution in [0.25, 0.3) is 0 Å². The fraction of sp³-hybridized carbons (Fsp3) is 0.364. The molecule has 1 aromatic heterocycles. The van der Waals surface area contributed by atoms with Crippen molar-refractivity contribution in [1.82, 2.24) is 4.98 Å². The normalized spacial score (nSPS) is 13.9. The third-order valence-corrected chi connectivity index (χ3v) is 2.48. The van der Waals surface area contributed by atoms with Gasteiger partial charge in [-0.3, -0.25) is 9.59 Å².